The van der Waals surface area contributed by atoms with Crippen LogP contribution in [0.5, 0.6) is 0 Å². The van der Waals surface area contributed by atoms with Crippen molar-refractivity contribution in [2.75, 3.05) is 26.2 Å². The first-order chi connectivity index (χ1) is 11.2. The van der Waals surface area contributed by atoms with Crippen molar-refractivity contribution in [3.05, 3.63) is 30.1 Å². The van der Waals surface area contributed by atoms with Gasteiger partial charge in [0.2, 0.25) is 5.91 Å². The van der Waals surface area contributed by atoms with E-state index in [0.29, 0.717) is 37.6 Å². The number of nitrogens with zero attached hydrogens (tertiary/aromatic N) is 2. The maximum absolute atomic E-state index is 12.1. The molecule has 1 aromatic heterocycles. The highest BCUT2D eigenvalue weighted by atomic mass is 16.5. The summed E-state index contributed by atoms with van der Waals surface area (Å²) in [5.41, 5.74) is 0.613. The van der Waals surface area contributed by atoms with Crippen molar-refractivity contribution in [1.29, 1.82) is 0 Å². The van der Waals surface area contributed by atoms with E-state index in [1.807, 2.05) is 11.8 Å². The molecule has 2 fully saturated rings. The van der Waals surface area contributed by atoms with Gasteiger partial charge in [-0.05, 0) is 18.6 Å². The number of ether oxygens (including phenoxy) is 1. The number of pyridine rings is 1. The number of nitrogens with one attached hydrogen (secondary N) is 1. The lowest BCUT2D eigenvalue weighted by Gasteiger charge is -2.20. The molecule has 0 unspecified atom stereocenters. The average Bonchev–Trinajstić information content (AvgIpc) is 3.14. The average molecular weight is 317 g/mol. The Labute approximate surface area is 136 Å². The summed E-state index contributed by atoms with van der Waals surface area (Å²) in [4.78, 5) is 30.0. The summed E-state index contributed by atoms with van der Waals surface area (Å²) in [5.74, 6) is 0.719. The highest BCUT2D eigenvalue weighted by molar-refractivity contribution is 5.93. The maximum Gasteiger partial charge on any atom is 0.251 e. The molecule has 0 aliphatic carbocycles. The second kappa shape index (κ2) is 7.08. The predicted octanol–water partition coefficient (Wildman–Crippen LogP) is 1.08. The minimum absolute atomic E-state index is 0.0900. The van der Waals surface area contributed by atoms with Gasteiger partial charge in [0.05, 0.1) is 12.7 Å². The van der Waals surface area contributed by atoms with Crippen molar-refractivity contribution in [2.24, 2.45) is 11.8 Å². The first kappa shape index (κ1) is 15.9. The number of fused-ring (bicyclic) bond motifs is 1. The van der Waals surface area contributed by atoms with E-state index in [-0.39, 0.29) is 23.8 Å². The third-order valence-electron chi connectivity index (χ3n) is 4.72. The fourth-order valence-corrected chi connectivity index (χ4v) is 3.41. The van der Waals surface area contributed by atoms with E-state index in [1.54, 1.807) is 24.5 Å². The molecule has 2 amide bonds. The predicted molar refractivity (Wildman–Crippen MR) is 84.8 cm³/mol. The zero-order valence-corrected chi connectivity index (χ0v) is 13.4. The van der Waals surface area contributed by atoms with E-state index in [0.717, 1.165) is 13.0 Å². The quantitative estimate of drug-likeness (QED) is 0.882. The molecule has 1 aromatic rings. The van der Waals surface area contributed by atoms with Crippen molar-refractivity contribution in [2.45, 2.75) is 25.9 Å². The molecule has 0 spiro atoms. The highest BCUT2D eigenvalue weighted by Gasteiger charge is 2.44. The van der Waals surface area contributed by atoms with Gasteiger partial charge in [-0.25, -0.2) is 0 Å². The number of hydrogen-bond acceptors (Lipinski definition) is 4. The smallest absolute Gasteiger partial charge is 0.251 e. The molecule has 3 heterocycles. The summed E-state index contributed by atoms with van der Waals surface area (Å²) in [6.45, 7) is 4.69. The number of carbonyl (C=O) groups excluding carboxylic acids is 2. The minimum atomic E-state index is -0.0900. The molecular weight excluding hydrogens is 294 g/mol. The monoisotopic (exact) mass is 317 g/mol. The molecule has 0 saturated carbocycles. The van der Waals surface area contributed by atoms with E-state index in [4.69, 9.17) is 4.74 Å². The molecule has 0 aromatic carbocycles. The van der Waals surface area contributed by atoms with Crippen LogP contribution in [-0.2, 0) is 9.53 Å². The normalized spacial score (nSPS) is 26.1. The van der Waals surface area contributed by atoms with Gasteiger partial charge in [-0.3, -0.25) is 14.6 Å². The highest BCUT2D eigenvalue weighted by Crippen LogP contribution is 2.33. The molecule has 6 nitrogen and oxygen atoms in total. The van der Waals surface area contributed by atoms with Crippen molar-refractivity contribution >= 4 is 11.8 Å². The zero-order chi connectivity index (χ0) is 16.2. The summed E-state index contributed by atoms with van der Waals surface area (Å²) in [6, 6.07) is 3.40. The van der Waals surface area contributed by atoms with Gasteiger partial charge < -0.3 is 15.0 Å². The molecule has 23 heavy (non-hydrogen) atoms. The van der Waals surface area contributed by atoms with Gasteiger partial charge in [-0.15, -0.1) is 0 Å². The van der Waals surface area contributed by atoms with Gasteiger partial charge >= 0.3 is 0 Å². The largest absolute Gasteiger partial charge is 0.376 e. The molecule has 1 N–H and O–H groups in total. The fourth-order valence-electron chi connectivity index (χ4n) is 3.41. The van der Waals surface area contributed by atoms with Gasteiger partial charge in [0.15, 0.2) is 0 Å². The third-order valence-corrected chi connectivity index (χ3v) is 4.72. The van der Waals surface area contributed by atoms with Gasteiger partial charge in [0, 0.05) is 55.8 Å². The lowest BCUT2D eigenvalue weighted by molar-refractivity contribution is -0.131. The topological polar surface area (TPSA) is 71.5 Å². The van der Waals surface area contributed by atoms with Crippen LogP contribution in [0.25, 0.3) is 0 Å². The van der Waals surface area contributed by atoms with E-state index in [1.165, 1.54) is 0 Å². The van der Waals surface area contributed by atoms with Gasteiger partial charge in [0.1, 0.15) is 0 Å². The van der Waals surface area contributed by atoms with Crippen molar-refractivity contribution < 1.29 is 14.3 Å². The van der Waals surface area contributed by atoms with Crippen LogP contribution in [0.1, 0.15) is 30.1 Å². The second-order valence-electron chi connectivity index (χ2n) is 6.29. The fraction of sp³-hybridized carbons (Fsp3) is 0.588. The summed E-state index contributed by atoms with van der Waals surface area (Å²) in [6.07, 6.45) is 4.81. The van der Waals surface area contributed by atoms with Crippen molar-refractivity contribution in [1.82, 2.24) is 15.2 Å². The SMILES string of the molecule is CCCC(=O)N1C[C@@H]2[C@@H](CNC(=O)c3ccncc3)CO[C@@H]2C1. The molecule has 2 aliphatic rings. The molecule has 6 heteroatoms. The Balaban J connectivity index is 1.52. The summed E-state index contributed by atoms with van der Waals surface area (Å²) < 4.78 is 5.83. The summed E-state index contributed by atoms with van der Waals surface area (Å²) in [5, 5.41) is 2.97. The summed E-state index contributed by atoms with van der Waals surface area (Å²) in [7, 11) is 0. The molecule has 124 valence electrons. The number of amides is 2. The van der Waals surface area contributed by atoms with E-state index < -0.39 is 0 Å². The number of likely N-dealkylation sites (tertiary alicyclic amines) is 1. The van der Waals surface area contributed by atoms with Crippen LogP contribution < -0.4 is 5.32 Å². The first-order valence-electron chi connectivity index (χ1n) is 8.26. The molecular formula is C17H23N3O3. The van der Waals surface area contributed by atoms with Crippen molar-refractivity contribution in [3.8, 4) is 0 Å². The Morgan fingerprint density at radius 2 is 2.13 bits per heavy atom. The molecule has 2 aliphatic heterocycles. The Bertz CT molecular complexity index is 563. The molecule has 0 bridgehead atoms. The Kier molecular flexibility index (Phi) is 4.91. The zero-order valence-electron chi connectivity index (χ0n) is 13.4. The lowest BCUT2D eigenvalue weighted by Crippen LogP contribution is -2.35. The third kappa shape index (κ3) is 3.52. The van der Waals surface area contributed by atoms with E-state index in [2.05, 4.69) is 10.3 Å². The van der Waals surface area contributed by atoms with Crippen LogP contribution in [0.2, 0.25) is 0 Å². The Hall–Kier alpha value is -1.95. The van der Waals surface area contributed by atoms with Crippen LogP contribution in [0.4, 0.5) is 0 Å². The number of rotatable bonds is 5. The van der Waals surface area contributed by atoms with E-state index >= 15 is 0 Å². The van der Waals surface area contributed by atoms with Crippen LogP contribution in [0, 0.1) is 11.8 Å². The second-order valence-corrected chi connectivity index (χ2v) is 6.29. The molecule has 2 saturated heterocycles. The van der Waals surface area contributed by atoms with Crippen molar-refractivity contribution in [3.63, 3.8) is 0 Å². The van der Waals surface area contributed by atoms with Crippen LogP contribution in [0.3, 0.4) is 0 Å². The van der Waals surface area contributed by atoms with Gasteiger partial charge in [-0.1, -0.05) is 6.92 Å². The number of aromatic nitrogens is 1. The summed E-state index contributed by atoms with van der Waals surface area (Å²) >= 11 is 0. The van der Waals surface area contributed by atoms with Crippen LogP contribution in [0.15, 0.2) is 24.5 Å². The molecule has 0 radical (unpaired) electrons. The number of carbonyl (C=O) groups is 2. The molecule has 3 atom stereocenters. The Morgan fingerprint density at radius 1 is 1.35 bits per heavy atom. The minimum Gasteiger partial charge on any atom is -0.376 e. The Morgan fingerprint density at radius 3 is 2.87 bits per heavy atom. The number of hydrogen-bond donors (Lipinski definition) is 1. The van der Waals surface area contributed by atoms with E-state index in [9.17, 15) is 9.59 Å². The first-order valence-corrected chi connectivity index (χ1v) is 8.26. The van der Waals surface area contributed by atoms with Crippen LogP contribution >= 0.6 is 0 Å². The van der Waals surface area contributed by atoms with Gasteiger partial charge in [-0.2, -0.15) is 0 Å². The van der Waals surface area contributed by atoms with Crippen LogP contribution in [-0.4, -0.2) is 54.0 Å². The lowest BCUT2D eigenvalue weighted by atomic mass is 9.93. The maximum atomic E-state index is 12.1. The van der Waals surface area contributed by atoms with Gasteiger partial charge in [0.25, 0.3) is 5.91 Å². The molecule has 3 rings (SSSR count). The standard InChI is InChI=1S/C17H23N3O3/c1-2-3-16(21)20-9-14-13(11-23-15(14)10-20)8-19-17(22)12-4-6-18-7-5-12/h4-7,13-15H,2-3,8-11H2,1H3,(H,19,22)/t13-,14+,15+/m0/s1.